The van der Waals surface area contributed by atoms with E-state index in [2.05, 4.69) is 10.5 Å². The molecule has 0 saturated carbocycles. The van der Waals surface area contributed by atoms with Gasteiger partial charge in [0.2, 0.25) is 0 Å². The van der Waals surface area contributed by atoms with Gasteiger partial charge in [-0.25, -0.2) is 0 Å². The number of hydrogen-bond donors (Lipinski definition) is 1. The summed E-state index contributed by atoms with van der Waals surface area (Å²) in [5, 5.41) is 6.65. The molecule has 20 heavy (non-hydrogen) atoms. The van der Waals surface area contributed by atoms with Crippen LogP contribution in [-0.4, -0.2) is 11.1 Å². The van der Waals surface area contributed by atoms with Crippen LogP contribution in [0, 0.1) is 13.8 Å². The van der Waals surface area contributed by atoms with Gasteiger partial charge in [-0.15, -0.1) is 0 Å². The minimum atomic E-state index is -0.175. The summed E-state index contributed by atoms with van der Waals surface area (Å²) in [5.41, 5.74) is 2.62. The second-order valence-electron chi connectivity index (χ2n) is 6.16. The lowest BCUT2D eigenvalue weighted by Gasteiger charge is -2.12. The first-order valence-electron chi connectivity index (χ1n) is 6.62. The molecule has 4 heteroatoms. The number of hydrogen-bond acceptors (Lipinski definition) is 3. The fourth-order valence-electron chi connectivity index (χ4n) is 1.98. The number of rotatable bonds is 2. The van der Waals surface area contributed by atoms with Gasteiger partial charge in [-0.2, -0.15) is 0 Å². The van der Waals surface area contributed by atoms with Crippen molar-refractivity contribution in [2.75, 3.05) is 5.32 Å². The van der Waals surface area contributed by atoms with Crippen molar-refractivity contribution in [3.63, 3.8) is 0 Å². The summed E-state index contributed by atoms with van der Waals surface area (Å²) in [6.07, 6.45) is 0. The molecule has 0 atom stereocenters. The summed E-state index contributed by atoms with van der Waals surface area (Å²) < 4.78 is 5.25. The minimum Gasteiger partial charge on any atom is -0.359 e. The third kappa shape index (κ3) is 3.26. The molecule has 2 rings (SSSR count). The highest BCUT2D eigenvalue weighted by Crippen LogP contribution is 2.24. The number of amides is 1. The third-order valence-corrected chi connectivity index (χ3v) is 2.97. The molecule has 2 aromatic rings. The van der Waals surface area contributed by atoms with E-state index in [1.807, 2.05) is 52.8 Å². The van der Waals surface area contributed by atoms with Crippen LogP contribution >= 0.6 is 0 Å². The van der Waals surface area contributed by atoms with E-state index in [9.17, 15) is 4.79 Å². The Hall–Kier alpha value is -2.10. The number of carbonyl (C=O) groups is 1. The Bertz CT molecular complexity index is 616. The monoisotopic (exact) mass is 272 g/mol. The van der Waals surface area contributed by atoms with Gasteiger partial charge in [0, 0.05) is 17.0 Å². The Morgan fingerprint density at radius 1 is 1.10 bits per heavy atom. The summed E-state index contributed by atoms with van der Waals surface area (Å²) in [4.78, 5) is 12.2. The molecule has 0 fully saturated rings. The summed E-state index contributed by atoms with van der Waals surface area (Å²) in [6, 6.07) is 7.51. The first kappa shape index (κ1) is 14.3. The van der Waals surface area contributed by atoms with E-state index in [0.717, 1.165) is 16.9 Å². The van der Waals surface area contributed by atoms with Crippen LogP contribution < -0.4 is 5.32 Å². The summed E-state index contributed by atoms with van der Waals surface area (Å²) in [6.45, 7) is 10.0. The van der Waals surface area contributed by atoms with E-state index in [0.29, 0.717) is 11.4 Å². The van der Waals surface area contributed by atoms with Crippen LogP contribution in [0.15, 0.2) is 28.8 Å². The van der Waals surface area contributed by atoms with Gasteiger partial charge >= 0.3 is 0 Å². The maximum Gasteiger partial charge on any atom is 0.256 e. The quantitative estimate of drug-likeness (QED) is 0.903. The Morgan fingerprint density at radius 2 is 1.70 bits per heavy atom. The van der Waals surface area contributed by atoms with Gasteiger partial charge < -0.3 is 9.84 Å². The zero-order chi connectivity index (χ0) is 14.9. The lowest BCUT2D eigenvalue weighted by atomic mass is 9.93. The van der Waals surface area contributed by atoms with E-state index in [-0.39, 0.29) is 11.3 Å². The zero-order valence-corrected chi connectivity index (χ0v) is 12.6. The molecular formula is C16H20N2O2. The maximum absolute atomic E-state index is 12.2. The average molecular weight is 272 g/mol. The number of carbonyl (C=O) groups excluding carboxylic acids is 1. The second-order valence-corrected chi connectivity index (χ2v) is 6.16. The molecule has 0 bridgehead atoms. The number of nitrogens with zero attached hydrogens (tertiary/aromatic N) is 1. The van der Waals surface area contributed by atoms with Gasteiger partial charge in [0.15, 0.2) is 5.82 Å². The number of anilines is 1. The molecule has 0 radical (unpaired) electrons. The predicted molar refractivity (Wildman–Crippen MR) is 79.1 cm³/mol. The summed E-state index contributed by atoms with van der Waals surface area (Å²) in [7, 11) is 0. The molecule has 1 aromatic heterocycles. The molecule has 0 aliphatic rings. The van der Waals surface area contributed by atoms with Crippen molar-refractivity contribution in [2.45, 2.75) is 40.0 Å². The lowest BCUT2D eigenvalue weighted by Crippen LogP contribution is -2.13. The molecule has 4 nitrogen and oxygen atoms in total. The first-order chi connectivity index (χ1) is 9.25. The molecule has 106 valence electrons. The SMILES string of the molecule is Cc1cc(C)cc(C(=O)Nc2cc(C(C)(C)C)on2)c1. The molecule has 1 heterocycles. The zero-order valence-electron chi connectivity index (χ0n) is 12.6. The number of aromatic nitrogens is 1. The van der Waals surface area contributed by atoms with Crippen molar-refractivity contribution in [2.24, 2.45) is 0 Å². The third-order valence-electron chi connectivity index (χ3n) is 2.97. The molecule has 0 aliphatic heterocycles. The van der Waals surface area contributed by atoms with Gasteiger partial charge in [-0.05, 0) is 26.0 Å². The highest BCUT2D eigenvalue weighted by atomic mass is 16.5. The van der Waals surface area contributed by atoms with Crippen molar-refractivity contribution in [1.29, 1.82) is 0 Å². The van der Waals surface area contributed by atoms with Crippen molar-refractivity contribution in [3.05, 3.63) is 46.7 Å². The van der Waals surface area contributed by atoms with Crippen molar-refractivity contribution < 1.29 is 9.32 Å². The summed E-state index contributed by atoms with van der Waals surface area (Å²) in [5.74, 6) is 1.01. The first-order valence-corrected chi connectivity index (χ1v) is 6.62. The Balaban J connectivity index is 2.17. The molecule has 1 amide bonds. The minimum absolute atomic E-state index is 0.129. The lowest BCUT2D eigenvalue weighted by molar-refractivity contribution is 0.102. The molecular weight excluding hydrogens is 252 g/mol. The largest absolute Gasteiger partial charge is 0.359 e. The van der Waals surface area contributed by atoms with Gasteiger partial charge in [0.05, 0.1) is 0 Å². The van der Waals surface area contributed by atoms with Crippen LogP contribution in [0.4, 0.5) is 5.82 Å². The molecule has 0 spiro atoms. The predicted octanol–water partition coefficient (Wildman–Crippen LogP) is 3.84. The van der Waals surface area contributed by atoms with Gasteiger partial charge in [-0.1, -0.05) is 43.1 Å². The van der Waals surface area contributed by atoms with Gasteiger partial charge in [0.1, 0.15) is 5.76 Å². The van der Waals surface area contributed by atoms with Crippen molar-refractivity contribution >= 4 is 11.7 Å². The topological polar surface area (TPSA) is 55.1 Å². The van der Waals surface area contributed by atoms with E-state index in [1.165, 1.54) is 0 Å². The van der Waals surface area contributed by atoms with Gasteiger partial charge in [0.25, 0.3) is 5.91 Å². The van der Waals surface area contributed by atoms with Crippen molar-refractivity contribution in [3.8, 4) is 0 Å². The van der Waals surface area contributed by atoms with E-state index in [1.54, 1.807) is 6.07 Å². The average Bonchev–Trinajstić information content (AvgIpc) is 2.75. The maximum atomic E-state index is 12.2. The number of aryl methyl sites for hydroxylation is 2. The van der Waals surface area contributed by atoms with Crippen molar-refractivity contribution in [1.82, 2.24) is 5.16 Å². The van der Waals surface area contributed by atoms with E-state index in [4.69, 9.17) is 4.52 Å². The van der Waals surface area contributed by atoms with Crippen LogP contribution in [-0.2, 0) is 5.41 Å². The normalized spacial score (nSPS) is 11.4. The Kier molecular flexibility index (Phi) is 3.66. The summed E-state index contributed by atoms with van der Waals surface area (Å²) >= 11 is 0. The van der Waals surface area contributed by atoms with Crippen LogP contribution in [0.5, 0.6) is 0 Å². The molecule has 0 saturated heterocycles. The standard InChI is InChI=1S/C16H20N2O2/c1-10-6-11(2)8-12(7-10)15(19)17-14-9-13(20-18-14)16(3,4)5/h6-9H,1-5H3,(H,17,18,19). The molecule has 0 unspecified atom stereocenters. The van der Waals surface area contributed by atoms with Crippen LogP contribution in [0.25, 0.3) is 0 Å². The van der Waals surface area contributed by atoms with Crippen LogP contribution in [0.2, 0.25) is 0 Å². The number of nitrogens with one attached hydrogen (secondary N) is 1. The fraction of sp³-hybridized carbons (Fsp3) is 0.375. The van der Waals surface area contributed by atoms with E-state index < -0.39 is 0 Å². The van der Waals surface area contributed by atoms with Crippen LogP contribution in [0.1, 0.15) is 48.0 Å². The Morgan fingerprint density at radius 3 is 2.20 bits per heavy atom. The highest BCUT2D eigenvalue weighted by molar-refractivity contribution is 6.04. The van der Waals surface area contributed by atoms with Crippen LogP contribution in [0.3, 0.4) is 0 Å². The molecule has 1 N–H and O–H groups in total. The highest BCUT2D eigenvalue weighted by Gasteiger charge is 2.20. The van der Waals surface area contributed by atoms with E-state index >= 15 is 0 Å². The molecule has 0 aliphatic carbocycles. The smallest absolute Gasteiger partial charge is 0.256 e. The Labute approximate surface area is 119 Å². The second kappa shape index (κ2) is 5.12. The molecule has 1 aromatic carbocycles. The van der Waals surface area contributed by atoms with Gasteiger partial charge in [-0.3, -0.25) is 4.79 Å². The fourth-order valence-corrected chi connectivity index (χ4v) is 1.98. The number of benzene rings is 1.